The first kappa shape index (κ1) is 59.0. The first-order valence-electron chi connectivity index (χ1n) is 25.8. The minimum absolute atomic E-state index is 0.0147. The Morgan fingerprint density at radius 3 is 1.40 bits per heavy atom. The van der Waals surface area contributed by atoms with Crippen LogP contribution in [-0.4, -0.2) is 46.9 Å². The molecule has 0 aliphatic rings. The summed E-state index contributed by atoms with van der Waals surface area (Å²) >= 11 is 0. The fourth-order valence-corrected chi connectivity index (χ4v) is 7.33. The third-order valence-electron chi connectivity index (χ3n) is 11.2. The maximum absolute atomic E-state index is 13.2. The zero-order chi connectivity index (χ0) is 45.2. The van der Waals surface area contributed by atoms with Gasteiger partial charge in [-0.25, -0.2) is 0 Å². The van der Waals surface area contributed by atoms with E-state index >= 15 is 0 Å². The maximum atomic E-state index is 13.2. The van der Waals surface area contributed by atoms with Crippen molar-refractivity contribution in [2.75, 3.05) is 6.61 Å². The van der Waals surface area contributed by atoms with Crippen molar-refractivity contribution in [3.05, 3.63) is 85.1 Å². The quantitative estimate of drug-likeness (QED) is 0.0245. The van der Waals surface area contributed by atoms with Gasteiger partial charge >= 0.3 is 5.97 Å². The Morgan fingerprint density at radius 1 is 0.516 bits per heavy atom. The summed E-state index contributed by atoms with van der Waals surface area (Å²) in [6, 6.07) is -0.741. The number of allylic oxidation sites excluding steroid dienone is 13. The molecule has 0 aromatic rings. The first-order chi connectivity index (χ1) is 30.5. The van der Waals surface area contributed by atoms with Crippen molar-refractivity contribution in [1.82, 2.24) is 5.32 Å². The lowest BCUT2D eigenvalue weighted by atomic mass is 10.0. The fraction of sp³-hybridized carbons (Fsp3) is 0.714. The molecule has 0 saturated heterocycles. The number of carbonyl (C=O) groups is 2. The molecule has 0 aliphatic heterocycles. The van der Waals surface area contributed by atoms with Gasteiger partial charge in [-0.1, -0.05) is 228 Å². The van der Waals surface area contributed by atoms with E-state index in [2.05, 4.69) is 99.0 Å². The van der Waals surface area contributed by atoms with E-state index in [1.807, 2.05) is 12.2 Å². The largest absolute Gasteiger partial charge is 0.461 e. The predicted molar refractivity (Wildman–Crippen MR) is 268 cm³/mol. The number of hydrogen-bond donors (Lipinski definition) is 3. The van der Waals surface area contributed by atoms with Crippen molar-refractivity contribution in [3.8, 4) is 0 Å². The Balaban J connectivity index is 4.78. The molecule has 3 unspecified atom stereocenters. The first-order valence-corrected chi connectivity index (χ1v) is 25.8. The van der Waals surface area contributed by atoms with Gasteiger partial charge in [-0.2, -0.15) is 0 Å². The van der Waals surface area contributed by atoms with E-state index in [9.17, 15) is 19.8 Å². The van der Waals surface area contributed by atoms with E-state index in [1.54, 1.807) is 0 Å². The van der Waals surface area contributed by atoms with Crippen LogP contribution in [0.1, 0.15) is 233 Å². The van der Waals surface area contributed by atoms with Crippen LogP contribution in [0.4, 0.5) is 0 Å². The van der Waals surface area contributed by atoms with Gasteiger partial charge in [0.25, 0.3) is 0 Å². The average molecular weight is 864 g/mol. The molecule has 0 bridgehead atoms. The van der Waals surface area contributed by atoms with Crippen LogP contribution in [0.3, 0.4) is 0 Å². The Kier molecular flexibility index (Phi) is 46.7. The lowest BCUT2D eigenvalue weighted by molar-refractivity contribution is -0.150. The molecule has 0 aliphatic carbocycles. The van der Waals surface area contributed by atoms with E-state index in [4.69, 9.17) is 4.74 Å². The van der Waals surface area contributed by atoms with Crippen LogP contribution in [0.2, 0.25) is 0 Å². The Hall–Kier alpha value is -2.96. The normalized spacial score (nSPS) is 14.0. The molecule has 0 heterocycles. The number of rotatable bonds is 45. The number of carbonyl (C=O) groups excluding carboxylic acids is 2. The lowest BCUT2D eigenvalue weighted by Crippen LogP contribution is -2.46. The highest BCUT2D eigenvalue weighted by atomic mass is 16.5. The third-order valence-corrected chi connectivity index (χ3v) is 11.2. The summed E-state index contributed by atoms with van der Waals surface area (Å²) < 4.78 is 5.85. The molecule has 0 fully saturated rings. The van der Waals surface area contributed by atoms with Crippen molar-refractivity contribution in [2.24, 2.45) is 0 Å². The molecule has 0 saturated carbocycles. The number of unbranched alkanes of at least 4 members (excludes halogenated alkanes) is 21. The van der Waals surface area contributed by atoms with Gasteiger partial charge in [-0.05, 0) is 70.6 Å². The van der Waals surface area contributed by atoms with Gasteiger partial charge in [0.15, 0.2) is 0 Å². The van der Waals surface area contributed by atoms with Gasteiger partial charge < -0.3 is 20.3 Å². The smallest absolute Gasteiger partial charge is 0.306 e. The number of hydrogen-bond acceptors (Lipinski definition) is 5. The van der Waals surface area contributed by atoms with Crippen molar-refractivity contribution in [2.45, 2.75) is 251 Å². The average Bonchev–Trinajstić information content (AvgIpc) is 3.26. The van der Waals surface area contributed by atoms with Crippen molar-refractivity contribution < 1.29 is 24.5 Å². The van der Waals surface area contributed by atoms with Gasteiger partial charge in [-0.3, -0.25) is 9.59 Å². The monoisotopic (exact) mass is 864 g/mol. The summed E-state index contributed by atoms with van der Waals surface area (Å²) in [7, 11) is 0. The third kappa shape index (κ3) is 43.7. The number of nitrogens with one attached hydrogen (secondary N) is 1. The van der Waals surface area contributed by atoms with E-state index < -0.39 is 18.2 Å². The minimum Gasteiger partial charge on any atom is -0.461 e. The van der Waals surface area contributed by atoms with Gasteiger partial charge in [0, 0.05) is 12.8 Å². The highest BCUT2D eigenvalue weighted by Crippen LogP contribution is 2.16. The molecule has 0 aromatic carbocycles. The fourth-order valence-electron chi connectivity index (χ4n) is 7.33. The van der Waals surface area contributed by atoms with Crippen molar-refractivity contribution in [3.63, 3.8) is 0 Å². The van der Waals surface area contributed by atoms with Crippen LogP contribution in [0, 0.1) is 0 Å². The van der Waals surface area contributed by atoms with Gasteiger partial charge in [-0.15, -0.1) is 0 Å². The minimum atomic E-state index is -0.820. The Labute approximate surface area is 383 Å². The molecule has 1 amide bonds. The molecule has 0 spiro atoms. The SMILES string of the molecule is CC/C=C\C/C=C\C/C=C\C/C=C\C/C=C\CC(CC(=O)NC(CO)C(O)CCCCCCCCCCCCCC)OC(=O)CCCCC/C=C/C=C/CCCCCCCCC. The summed E-state index contributed by atoms with van der Waals surface area (Å²) in [6.07, 6.45) is 63.7. The Morgan fingerprint density at radius 2 is 0.935 bits per heavy atom. The van der Waals surface area contributed by atoms with Crippen molar-refractivity contribution in [1.29, 1.82) is 0 Å². The number of aliphatic hydroxyl groups excluding tert-OH is 2. The number of ether oxygens (including phenoxy) is 1. The van der Waals surface area contributed by atoms with Gasteiger partial charge in [0.1, 0.15) is 6.10 Å². The molecule has 62 heavy (non-hydrogen) atoms. The highest BCUT2D eigenvalue weighted by Gasteiger charge is 2.23. The molecule has 0 aromatic heterocycles. The Bertz CT molecular complexity index is 1200. The van der Waals surface area contributed by atoms with E-state index in [-0.39, 0.29) is 24.9 Å². The summed E-state index contributed by atoms with van der Waals surface area (Å²) in [5.41, 5.74) is 0. The molecule has 0 rings (SSSR count). The van der Waals surface area contributed by atoms with Gasteiger partial charge in [0.05, 0.1) is 25.2 Å². The molecule has 356 valence electrons. The van der Waals surface area contributed by atoms with Crippen LogP contribution in [0.15, 0.2) is 85.1 Å². The van der Waals surface area contributed by atoms with Crippen molar-refractivity contribution >= 4 is 11.9 Å². The zero-order valence-corrected chi connectivity index (χ0v) is 40.5. The summed E-state index contributed by atoms with van der Waals surface area (Å²) in [5.74, 6) is -0.615. The summed E-state index contributed by atoms with van der Waals surface area (Å²) in [4.78, 5) is 26.1. The number of amides is 1. The van der Waals surface area contributed by atoms with Crippen LogP contribution in [-0.2, 0) is 14.3 Å². The number of aliphatic hydroxyl groups is 2. The van der Waals surface area contributed by atoms with Gasteiger partial charge in [0.2, 0.25) is 5.91 Å². The zero-order valence-electron chi connectivity index (χ0n) is 40.5. The van der Waals surface area contributed by atoms with Crippen LogP contribution >= 0.6 is 0 Å². The highest BCUT2D eigenvalue weighted by molar-refractivity contribution is 5.77. The maximum Gasteiger partial charge on any atom is 0.306 e. The van der Waals surface area contributed by atoms with E-state index in [0.717, 1.165) is 83.5 Å². The summed E-state index contributed by atoms with van der Waals surface area (Å²) in [5, 5.41) is 23.7. The molecule has 6 nitrogen and oxygen atoms in total. The van der Waals surface area contributed by atoms with E-state index in [1.165, 1.54) is 103 Å². The standard InChI is InChI=1S/C56H97NO5/c1-4-7-10-13-16-19-22-25-27-29-31-34-37-40-43-46-49-56(61)62-52(47-44-41-38-35-32-30-28-26-23-20-17-14-11-8-5-2)50-55(60)57-53(51-58)54(59)48-45-42-39-36-33-24-21-18-15-12-9-6-3/h8,11,17,20,26-29,31-32,34-35,41,44,52-54,58-59H,4-7,9-10,12-16,18-19,21-25,30,33,36-40,42-43,45-51H2,1-3H3,(H,57,60)/b11-8-,20-17-,28-26-,29-27+,34-31+,35-32-,44-41-. The van der Waals surface area contributed by atoms with Crippen LogP contribution in [0.25, 0.3) is 0 Å². The van der Waals surface area contributed by atoms with Crippen LogP contribution in [0.5, 0.6) is 0 Å². The summed E-state index contributed by atoms with van der Waals surface area (Å²) in [6.45, 7) is 6.32. The lowest BCUT2D eigenvalue weighted by Gasteiger charge is -2.24. The predicted octanol–water partition coefficient (Wildman–Crippen LogP) is 15.6. The van der Waals surface area contributed by atoms with Crippen LogP contribution < -0.4 is 5.32 Å². The second-order valence-electron chi connectivity index (χ2n) is 17.2. The topological polar surface area (TPSA) is 95.9 Å². The second kappa shape index (κ2) is 49.1. The molecular formula is C56H97NO5. The number of esters is 1. The molecule has 6 heteroatoms. The van der Waals surface area contributed by atoms with E-state index in [0.29, 0.717) is 19.3 Å². The molecule has 3 N–H and O–H groups in total. The molecular weight excluding hydrogens is 767 g/mol. The molecule has 3 atom stereocenters. The molecule has 0 radical (unpaired) electrons. The second-order valence-corrected chi connectivity index (χ2v) is 17.2.